The first-order valence-corrected chi connectivity index (χ1v) is 10.8. The largest absolute Gasteiger partial charge is 0.385 e. The van der Waals surface area contributed by atoms with E-state index >= 15 is 0 Å². The fourth-order valence-electron chi connectivity index (χ4n) is 4.12. The van der Waals surface area contributed by atoms with Gasteiger partial charge in [0.05, 0.1) is 12.6 Å². The zero-order valence-electron chi connectivity index (χ0n) is 18.0. The van der Waals surface area contributed by atoms with E-state index in [1.807, 2.05) is 25.1 Å². The molecule has 0 bridgehead atoms. The van der Waals surface area contributed by atoms with Gasteiger partial charge in [0.2, 0.25) is 11.8 Å². The third kappa shape index (κ3) is 6.03. The van der Waals surface area contributed by atoms with Crippen molar-refractivity contribution in [3.63, 3.8) is 0 Å². The van der Waals surface area contributed by atoms with Gasteiger partial charge in [0, 0.05) is 26.2 Å². The number of rotatable bonds is 9. The van der Waals surface area contributed by atoms with Gasteiger partial charge in [-0.05, 0) is 55.6 Å². The van der Waals surface area contributed by atoms with Crippen LogP contribution in [0, 0.1) is 5.92 Å². The van der Waals surface area contributed by atoms with Crippen LogP contribution in [-0.2, 0) is 14.3 Å². The third-order valence-electron chi connectivity index (χ3n) is 5.82. The topological polar surface area (TPSA) is 70.7 Å². The number of benzene rings is 2. The van der Waals surface area contributed by atoms with Crippen molar-refractivity contribution < 1.29 is 14.3 Å². The second kappa shape index (κ2) is 11.1. The number of ether oxygens (including phenoxy) is 1. The Morgan fingerprint density at radius 3 is 2.63 bits per heavy atom. The summed E-state index contributed by atoms with van der Waals surface area (Å²) < 4.78 is 5.00. The highest BCUT2D eigenvalue weighted by Gasteiger charge is 2.26. The number of carbonyl (C=O) groups is 2. The average Bonchev–Trinajstić information content (AvgIpc) is 2.76. The standard InChI is InChI=1S/C24H33N3O3/c1-18(21-10-5-8-19-7-3-4-9-22(19)21)26-23(28)17-27-14-11-20(12-15-27)24(29)25-13-6-16-30-2/h3-5,7-10,18,20H,6,11-17H2,1-2H3,(H,25,29)(H,26,28). The predicted molar refractivity (Wildman–Crippen MR) is 119 cm³/mol. The summed E-state index contributed by atoms with van der Waals surface area (Å²) in [6.07, 6.45) is 2.42. The van der Waals surface area contributed by atoms with Crippen molar-refractivity contribution in [2.45, 2.75) is 32.2 Å². The fourth-order valence-corrected chi connectivity index (χ4v) is 4.12. The number of hydrogen-bond donors (Lipinski definition) is 2. The molecule has 30 heavy (non-hydrogen) atoms. The number of nitrogens with one attached hydrogen (secondary N) is 2. The minimum Gasteiger partial charge on any atom is -0.385 e. The van der Waals surface area contributed by atoms with Gasteiger partial charge in [-0.1, -0.05) is 42.5 Å². The molecule has 2 N–H and O–H groups in total. The molecule has 0 radical (unpaired) electrons. The molecule has 1 aliphatic rings. The first kappa shape index (κ1) is 22.2. The number of likely N-dealkylation sites (tertiary alicyclic amines) is 1. The lowest BCUT2D eigenvalue weighted by Gasteiger charge is -2.31. The normalized spacial score (nSPS) is 16.3. The lowest BCUT2D eigenvalue weighted by Crippen LogP contribution is -2.45. The monoisotopic (exact) mass is 411 g/mol. The molecule has 0 spiro atoms. The summed E-state index contributed by atoms with van der Waals surface area (Å²) in [5, 5.41) is 8.47. The highest BCUT2D eigenvalue weighted by atomic mass is 16.5. The quantitative estimate of drug-likeness (QED) is 0.623. The molecule has 1 atom stereocenters. The summed E-state index contributed by atoms with van der Waals surface area (Å²) >= 11 is 0. The van der Waals surface area contributed by atoms with Gasteiger partial charge in [0.1, 0.15) is 0 Å². The van der Waals surface area contributed by atoms with E-state index in [2.05, 4.69) is 39.8 Å². The molecular weight excluding hydrogens is 378 g/mol. The summed E-state index contributed by atoms with van der Waals surface area (Å²) in [4.78, 5) is 27.0. The summed E-state index contributed by atoms with van der Waals surface area (Å²) in [6.45, 7) is 5.25. The van der Waals surface area contributed by atoms with Crippen molar-refractivity contribution in [3.8, 4) is 0 Å². The van der Waals surface area contributed by atoms with Crippen molar-refractivity contribution in [2.75, 3.05) is 39.9 Å². The maximum absolute atomic E-state index is 12.6. The molecular formula is C24H33N3O3. The number of fused-ring (bicyclic) bond motifs is 1. The molecule has 1 fully saturated rings. The predicted octanol–water partition coefficient (Wildman–Crippen LogP) is 2.88. The summed E-state index contributed by atoms with van der Waals surface area (Å²) in [6, 6.07) is 14.4. The Labute approximate surface area is 179 Å². The summed E-state index contributed by atoms with van der Waals surface area (Å²) in [7, 11) is 1.66. The van der Waals surface area contributed by atoms with Gasteiger partial charge in [-0.25, -0.2) is 0 Å². The molecule has 162 valence electrons. The number of nitrogens with zero attached hydrogens (tertiary/aromatic N) is 1. The lowest BCUT2D eigenvalue weighted by atomic mass is 9.96. The lowest BCUT2D eigenvalue weighted by molar-refractivity contribution is -0.127. The van der Waals surface area contributed by atoms with Crippen LogP contribution in [-0.4, -0.2) is 56.6 Å². The summed E-state index contributed by atoms with van der Waals surface area (Å²) in [5.74, 6) is 0.194. The van der Waals surface area contributed by atoms with E-state index in [-0.39, 0.29) is 23.8 Å². The van der Waals surface area contributed by atoms with E-state index in [0.717, 1.165) is 37.9 Å². The number of methoxy groups -OCH3 is 1. The van der Waals surface area contributed by atoms with Crippen molar-refractivity contribution in [2.24, 2.45) is 5.92 Å². The molecule has 2 amide bonds. The van der Waals surface area contributed by atoms with Crippen molar-refractivity contribution in [1.82, 2.24) is 15.5 Å². The molecule has 1 aliphatic heterocycles. The van der Waals surface area contributed by atoms with E-state index in [1.54, 1.807) is 7.11 Å². The van der Waals surface area contributed by atoms with Gasteiger partial charge < -0.3 is 15.4 Å². The number of carbonyl (C=O) groups excluding carboxylic acids is 2. The third-order valence-corrected chi connectivity index (χ3v) is 5.82. The Balaban J connectivity index is 1.44. The van der Waals surface area contributed by atoms with Crippen LogP contribution in [0.4, 0.5) is 0 Å². The smallest absolute Gasteiger partial charge is 0.234 e. The molecule has 1 saturated heterocycles. The van der Waals surface area contributed by atoms with E-state index in [0.29, 0.717) is 19.7 Å². The fraction of sp³-hybridized carbons (Fsp3) is 0.500. The zero-order chi connectivity index (χ0) is 21.3. The van der Waals surface area contributed by atoms with E-state index in [4.69, 9.17) is 4.74 Å². The molecule has 6 heteroatoms. The Bertz CT molecular complexity index is 841. The molecule has 2 aromatic rings. The van der Waals surface area contributed by atoms with Crippen LogP contribution in [0.1, 0.15) is 37.8 Å². The average molecular weight is 412 g/mol. The van der Waals surface area contributed by atoms with Gasteiger partial charge >= 0.3 is 0 Å². The van der Waals surface area contributed by atoms with Crippen LogP contribution < -0.4 is 10.6 Å². The number of hydrogen-bond acceptors (Lipinski definition) is 4. The first-order chi connectivity index (χ1) is 14.6. The first-order valence-electron chi connectivity index (χ1n) is 10.8. The van der Waals surface area contributed by atoms with Gasteiger partial charge in [-0.3, -0.25) is 14.5 Å². The van der Waals surface area contributed by atoms with Crippen molar-refractivity contribution >= 4 is 22.6 Å². The maximum atomic E-state index is 12.6. The SMILES string of the molecule is COCCCNC(=O)C1CCN(CC(=O)NC(C)c2cccc3ccccc23)CC1. The molecule has 1 unspecified atom stereocenters. The van der Waals surface area contributed by atoms with Crippen LogP contribution in [0.3, 0.4) is 0 Å². The Morgan fingerprint density at radius 1 is 1.13 bits per heavy atom. The number of amides is 2. The Kier molecular flexibility index (Phi) is 8.22. The maximum Gasteiger partial charge on any atom is 0.234 e. The van der Waals surface area contributed by atoms with Crippen LogP contribution in [0.25, 0.3) is 10.8 Å². The molecule has 1 heterocycles. The van der Waals surface area contributed by atoms with Crippen LogP contribution in [0.5, 0.6) is 0 Å². The second-order valence-corrected chi connectivity index (χ2v) is 8.05. The van der Waals surface area contributed by atoms with Gasteiger partial charge in [-0.2, -0.15) is 0 Å². The van der Waals surface area contributed by atoms with Crippen LogP contribution in [0.2, 0.25) is 0 Å². The van der Waals surface area contributed by atoms with Crippen LogP contribution >= 0.6 is 0 Å². The van der Waals surface area contributed by atoms with Gasteiger partial charge in [0.15, 0.2) is 0 Å². The molecule has 6 nitrogen and oxygen atoms in total. The zero-order valence-corrected chi connectivity index (χ0v) is 18.0. The van der Waals surface area contributed by atoms with Crippen molar-refractivity contribution in [3.05, 3.63) is 48.0 Å². The molecule has 0 saturated carbocycles. The highest BCUT2D eigenvalue weighted by Crippen LogP contribution is 2.24. The van der Waals surface area contributed by atoms with Crippen LogP contribution in [0.15, 0.2) is 42.5 Å². The Morgan fingerprint density at radius 2 is 1.87 bits per heavy atom. The van der Waals surface area contributed by atoms with Gasteiger partial charge in [0.25, 0.3) is 0 Å². The summed E-state index contributed by atoms with van der Waals surface area (Å²) in [5.41, 5.74) is 1.13. The van der Waals surface area contributed by atoms with Gasteiger partial charge in [-0.15, -0.1) is 0 Å². The number of piperidine rings is 1. The van der Waals surface area contributed by atoms with E-state index in [1.165, 1.54) is 10.8 Å². The van der Waals surface area contributed by atoms with E-state index < -0.39 is 0 Å². The highest BCUT2D eigenvalue weighted by molar-refractivity contribution is 5.87. The second-order valence-electron chi connectivity index (χ2n) is 8.05. The van der Waals surface area contributed by atoms with Crippen molar-refractivity contribution in [1.29, 1.82) is 0 Å². The molecule has 2 aromatic carbocycles. The molecule has 0 aliphatic carbocycles. The molecule has 3 rings (SSSR count). The van der Waals surface area contributed by atoms with E-state index in [9.17, 15) is 9.59 Å². The minimum atomic E-state index is -0.0565. The molecule has 0 aromatic heterocycles. The minimum absolute atomic E-state index is 0.0258. The Hall–Kier alpha value is -2.44.